The Morgan fingerprint density at radius 2 is 2.38 bits per heavy atom. The van der Waals surface area contributed by atoms with Crippen molar-refractivity contribution < 1.29 is 6.17 Å². The molecule has 1 aliphatic heterocycles. The van der Waals surface area contributed by atoms with Crippen molar-refractivity contribution in [3.8, 4) is 0 Å². The largest absolute Gasteiger partial charge is 0.326 e. The van der Waals surface area contributed by atoms with Crippen LogP contribution in [0.3, 0.4) is 0 Å². The van der Waals surface area contributed by atoms with Crippen LogP contribution in [0.2, 0.25) is 0 Å². The van der Waals surface area contributed by atoms with Crippen LogP contribution in [-0.4, -0.2) is 5.91 Å². The molecule has 2 nitrogen and oxygen atoms in total. The highest BCUT2D eigenvalue weighted by atomic mass is 16.1. The molecule has 1 aliphatic rings. The fourth-order valence-electron chi connectivity index (χ4n) is 1.73. The molecule has 0 saturated carbocycles. The van der Waals surface area contributed by atoms with Gasteiger partial charge in [0, 0.05) is 5.69 Å². The minimum Gasteiger partial charge on any atom is -0.326 e. The SMILES string of the molecule is [3H]c1ccc2c(c1C(C)C)CC(=O)N2. The predicted molar refractivity (Wildman–Crippen MR) is 52.9 cm³/mol. The van der Waals surface area contributed by atoms with Crippen molar-refractivity contribution in [1.82, 2.24) is 0 Å². The van der Waals surface area contributed by atoms with Crippen molar-refractivity contribution in [2.75, 3.05) is 5.32 Å². The topological polar surface area (TPSA) is 29.1 Å². The molecule has 0 fully saturated rings. The molecule has 1 aromatic rings. The monoisotopic (exact) mass is 177 g/mol. The zero-order chi connectivity index (χ0) is 10.3. The number of nitrogens with one attached hydrogen (secondary N) is 1. The summed E-state index contributed by atoms with van der Waals surface area (Å²) < 4.78 is 7.80. The van der Waals surface area contributed by atoms with Crippen LogP contribution in [0.25, 0.3) is 0 Å². The maximum Gasteiger partial charge on any atom is 0.228 e. The number of amides is 1. The summed E-state index contributed by atoms with van der Waals surface area (Å²) in [7, 11) is 0. The summed E-state index contributed by atoms with van der Waals surface area (Å²) in [6.07, 6.45) is 0.426. The van der Waals surface area contributed by atoms with E-state index in [2.05, 4.69) is 19.2 Å². The Kier molecular flexibility index (Phi) is 1.58. The molecule has 2 heteroatoms. The fourth-order valence-corrected chi connectivity index (χ4v) is 1.73. The first-order chi connectivity index (χ1) is 6.59. The summed E-state index contributed by atoms with van der Waals surface area (Å²) in [5, 5.41) is 2.80. The van der Waals surface area contributed by atoms with E-state index in [9.17, 15) is 4.79 Å². The van der Waals surface area contributed by atoms with Crippen LogP contribution in [0, 0.1) is 0 Å². The van der Waals surface area contributed by atoms with E-state index >= 15 is 0 Å². The molecular formula is C11H13NO. The van der Waals surface area contributed by atoms with Gasteiger partial charge in [-0.3, -0.25) is 4.79 Å². The molecule has 1 N–H and O–H groups in total. The van der Waals surface area contributed by atoms with E-state index in [0.717, 1.165) is 16.8 Å². The Morgan fingerprint density at radius 3 is 3.08 bits per heavy atom. The van der Waals surface area contributed by atoms with E-state index in [1.807, 2.05) is 6.07 Å². The number of hydrogen-bond donors (Lipinski definition) is 1. The number of anilines is 1. The Balaban J connectivity index is 2.59. The molecule has 0 aromatic heterocycles. The zero-order valence-electron chi connectivity index (χ0n) is 8.85. The first kappa shape index (κ1) is 7.13. The van der Waals surface area contributed by atoms with Crippen LogP contribution in [0.5, 0.6) is 0 Å². The summed E-state index contributed by atoms with van der Waals surface area (Å²) >= 11 is 0. The van der Waals surface area contributed by atoms with Gasteiger partial charge in [-0.25, -0.2) is 0 Å². The lowest BCUT2D eigenvalue weighted by Crippen LogP contribution is -2.03. The minimum absolute atomic E-state index is 0.0347. The Labute approximate surface area is 79.4 Å². The second-order valence-electron chi connectivity index (χ2n) is 3.66. The normalized spacial score (nSPS) is 15.6. The molecule has 0 spiro atoms. The molecule has 0 atom stereocenters. The van der Waals surface area contributed by atoms with Gasteiger partial charge in [0.05, 0.1) is 7.79 Å². The third kappa shape index (κ3) is 1.32. The smallest absolute Gasteiger partial charge is 0.228 e. The van der Waals surface area contributed by atoms with Crippen LogP contribution in [0.15, 0.2) is 18.2 Å². The number of rotatable bonds is 1. The maximum absolute atomic E-state index is 11.2. The van der Waals surface area contributed by atoms with E-state index in [-0.39, 0.29) is 5.91 Å². The van der Waals surface area contributed by atoms with Gasteiger partial charge in [0.1, 0.15) is 0 Å². The lowest BCUT2D eigenvalue weighted by molar-refractivity contribution is -0.115. The average molecular weight is 177 g/mol. The van der Waals surface area contributed by atoms with Crippen molar-refractivity contribution in [2.24, 2.45) is 0 Å². The molecule has 1 heterocycles. The van der Waals surface area contributed by atoms with Crippen molar-refractivity contribution in [2.45, 2.75) is 26.2 Å². The third-order valence-electron chi connectivity index (χ3n) is 2.33. The molecule has 0 bridgehead atoms. The Hall–Kier alpha value is -1.31. The summed E-state index contributed by atoms with van der Waals surface area (Å²) in [6, 6.07) is 4.10. The van der Waals surface area contributed by atoms with Crippen LogP contribution in [0.4, 0.5) is 5.69 Å². The molecule has 13 heavy (non-hydrogen) atoms. The van der Waals surface area contributed by atoms with E-state index in [0.29, 0.717) is 18.4 Å². The molecule has 1 amide bonds. The molecule has 2 rings (SSSR count). The van der Waals surface area contributed by atoms with Crippen molar-refractivity contribution in [3.05, 3.63) is 29.3 Å². The third-order valence-corrected chi connectivity index (χ3v) is 2.33. The van der Waals surface area contributed by atoms with Gasteiger partial charge in [-0.1, -0.05) is 26.0 Å². The Morgan fingerprint density at radius 1 is 1.62 bits per heavy atom. The van der Waals surface area contributed by atoms with Crippen molar-refractivity contribution in [1.29, 1.82) is 0 Å². The molecule has 0 aliphatic carbocycles. The molecule has 0 saturated heterocycles. The summed E-state index contributed by atoms with van der Waals surface area (Å²) in [6.45, 7) is 4.10. The maximum atomic E-state index is 11.2. The first-order valence-electron chi connectivity index (χ1n) is 5.02. The molecule has 0 radical (unpaired) electrons. The van der Waals surface area contributed by atoms with Gasteiger partial charge in [-0.2, -0.15) is 0 Å². The van der Waals surface area contributed by atoms with Crippen LogP contribution in [0.1, 0.15) is 32.3 Å². The standard InChI is InChI=1S/C11H13NO/c1-7(2)8-4-3-5-10-9(8)6-11(13)12-10/h3-5,7H,6H2,1-2H3,(H,12,13)/i4T. The lowest BCUT2D eigenvalue weighted by Gasteiger charge is -2.09. The van der Waals surface area contributed by atoms with Gasteiger partial charge in [0.2, 0.25) is 5.91 Å². The summed E-state index contributed by atoms with van der Waals surface area (Å²) in [5.74, 6) is 0.331. The summed E-state index contributed by atoms with van der Waals surface area (Å²) in [5.41, 5.74) is 2.90. The average Bonchev–Trinajstić information content (AvgIpc) is 2.43. The van der Waals surface area contributed by atoms with Gasteiger partial charge in [0.15, 0.2) is 0 Å². The fraction of sp³-hybridized carbons (Fsp3) is 0.364. The van der Waals surface area contributed by atoms with Gasteiger partial charge in [-0.05, 0) is 23.1 Å². The highest BCUT2D eigenvalue weighted by Gasteiger charge is 2.20. The van der Waals surface area contributed by atoms with Crippen LogP contribution >= 0.6 is 0 Å². The number of carbonyl (C=O) groups is 1. The molecule has 1 aromatic carbocycles. The molecule has 68 valence electrons. The van der Waals surface area contributed by atoms with Gasteiger partial charge in [-0.15, -0.1) is 0 Å². The first-order valence-corrected chi connectivity index (χ1v) is 4.52. The zero-order valence-corrected chi connectivity index (χ0v) is 7.85. The van der Waals surface area contributed by atoms with E-state index in [1.54, 1.807) is 6.07 Å². The Bertz CT molecular complexity index is 399. The van der Waals surface area contributed by atoms with Gasteiger partial charge < -0.3 is 5.32 Å². The molecular weight excluding hydrogens is 162 g/mol. The van der Waals surface area contributed by atoms with Crippen molar-refractivity contribution in [3.63, 3.8) is 0 Å². The quantitative estimate of drug-likeness (QED) is 0.700. The number of benzene rings is 1. The highest BCUT2D eigenvalue weighted by Crippen LogP contribution is 2.30. The number of carbonyl (C=O) groups excluding carboxylic acids is 1. The molecule has 0 unspecified atom stereocenters. The minimum atomic E-state index is 0.0347. The second kappa shape index (κ2) is 2.87. The number of hydrogen-bond acceptors (Lipinski definition) is 1. The van der Waals surface area contributed by atoms with Crippen molar-refractivity contribution >= 4 is 11.6 Å². The van der Waals surface area contributed by atoms with Gasteiger partial charge >= 0.3 is 0 Å². The second-order valence-corrected chi connectivity index (χ2v) is 3.66. The van der Waals surface area contributed by atoms with Gasteiger partial charge in [0.25, 0.3) is 0 Å². The number of fused-ring (bicyclic) bond motifs is 1. The van der Waals surface area contributed by atoms with Crippen LogP contribution < -0.4 is 5.32 Å². The highest BCUT2D eigenvalue weighted by molar-refractivity contribution is 5.99. The summed E-state index contributed by atoms with van der Waals surface area (Å²) in [4.78, 5) is 11.2. The lowest BCUT2D eigenvalue weighted by atomic mass is 9.96. The van der Waals surface area contributed by atoms with E-state index in [1.165, 1.54) is 0 Å². The van der Waals surface area contributed by atoms with Crippen LogP contribution in [-0.2, 0) is 11.2 Å². The van der Waals surface area contributed by atoms with E-state index in [4.69, 9.17) is 1.37 Å². The predicted octanol–water partition coefficient (Wildman–Crippen LogP) is 2.30. The van der Waals surface area contributed by atoms with E-state index < -0.39 is 0 Å².